The van der Waals surface area contributed by atoms with Crippen LogP contribution in [0.1, 0.15) is 27.2 Å². The van der Waals surface area contributed by atoms with Crippen molar-refractivity contribution in [2.24, 2.45) is 5.73 Å². The van der Waals surface area contributed by atoms with Gasteiger partial charge in [0.2, 0.25) is 17.8 Å². The number of carbonyl (C=O) groups is 1. The molecule has 0 unspecified atom stereocenters. The van der Waals surface area contributed by atoms with Gasteiger partial charge in [0.15, 0.2) is 0 Å². The molecule has 12 nitrogen and oxygen atoms in total. The number of pyridine rings is 1. The maximum Gasteiger partial charge on any atom is 0.251 e. The van der Waals surface area contributed by atoms with Gasteiger partial charge < -0.3 is 36.5 Å². The smallest absolute Gasteiger partial charge is 0.251 e. The fourth-order valence-electron chi connectivity index (χ4n) is 4.12. The second-order valence-electron chi connectivity index (χ2n) is 9.79. The van der Waals surface area contributed by atoms with Crippen molar-refractivity contribution < 1.29 is 14.3 Å². The Morgan fingerprint density at radius 3 is 2.00 bits per heavy atom. The number of rotatable bonds is 20. The summed E-state index contributed by atoms with van der Waals surface area (Å²) in [6, 6.07) is 23.5. The van der Waals surface area contributed by atoms with Gasteiger partial charge in [0.05, 0.1) is 26.4 Å². The molecule has 2 heterocycles. The van der Waals surface area contributed by atoms with Crippen molar-refractivity contribution in [1.29, 1.82) is 0 Å². The fraction of sp³-hybridized carbons (Fsp3) is 0.344. The highest BCUT2D eigenvalue weighted by molar-refractivity contribution is 5.94. The maximum absolute atomic E-state index is 12.5. The number of hydrogen-bond acceptors (Lipinski definition) is 11. The highest BCUT2D eigenvalue weighted by Gasteiger charge is 2.09. The van der Waals surface area contributed by atoms with E-state index >= 15 is 0 Å². The third-order valence-corrected chi connectivity index (χ3v) is 6.40. The number of nitrogens with zero attached hydrogens (tertiary/aromatic N) is 4. The minimum atomic E-state index is -0.155. The summed E-state index contributed by atoms with van der Waals surface area (Å²) in [5.41, 5.74) is 9.15. The largest absolute Gasteiger partial charge is 0.378 e. The van der Waals surface area contributed by atoms with Crippen LogP contribution >= 0.6 is 0 Å². The average Bonchev–Trinajstić information content (AvgIpc) is 3.06. The minimum absolute atomic E-state index is 0.155. The van der Waals surface area contributed by atoms with E-state index in [1.165, 1.54) is 5.56 Å². The summed E-state index contributed by atoms with van der Waals surface area (Å²) in [5.74, 6) is 1.24. The lowest BCUT2D eigenvalue weighted by molar-refractivity contribution is 0.0511. The topological polar surface area (TPSA) is 161 Å². The van der Waals surface area contributed by atoms with Gasteiger partial charge in [-0.1, -0.05) is 48.5 Å². The third kappa shape index (κ3) is 11.9. The molecule has 0 aliphatic heterocycles. The van der Waals surface area contributed by atoms with Crippen LogP contribution < -0.4 is 27.0 Å². The van der Waals surface area contributed by atoms with Crippen LogP contribution in [0.2, 0.25) is 0 Å². The number of nitrogens with one attached hydrogen (secondary N) is 4. The van der Waals surface area contributed by atoms with Crippen molar-refractivity contribution in [3.63, 3.8) is 0 Å². The molecule has 1 amide bonds. The zero-order valence-corrected chi connectivity index (χ0v) is 24.9. The monoisotopic (exact) mass is 599 g/mol. The van der Waals surface area contributed by atoms with Gasteiger partial charge in [0.25, 0.3) is 5.91 Å². The zero-order chi connectivity index (χ0) is 30.7. The number of nitrogens with two attached hydrogens (primary N) is 1. The first-order valence-corrected chi connectivity index (χ1v) is 14.8. The molecule has 0 bridgehead atoms. The lowest BCUT2D eigenvalue weighted by Gasteiger charge is -2.12. The van der Waals surface area contributed by atoms with E-state index in [4.69, 9.17) is 15.2 Å². The molecule has 12 heteroatoms. The molecule has 0 radical (unpaired) electrons. The SMILES string of the molecule is NCCOCCOCCNC(=O)c1ccc(CNc2nc(NCCc3ccccc3)nc(NCCc3ccccn3)n2)cc1. The Morgan fingerprint density at radius 1 is 0.659 bits per heavy atom. The predicted molar refractivity (Wildman–Crippen MR) is 172 cm³/mol. The Balaban J connectivity index is 1.28. The molecule has 232 valence electrons. The van der Waals surface area contributed by atoms with Gasteiger partial charge in [0, 0.05) is 56.6 Å². The first-order chi connectivity index (χ1) is 21.7. The van der Waals surface area contributed by atoms with Gasteiger partial charge in [-0.15, -0.1) is 0 Å². The second kappa shape index (κ2) is 18.8. The van der Waals surface area contributed by atoms with Crippen molar-refractivity contribution in [1.82, 2.24) is 25.3 Å². The first kappa shape index (κ1) is 32.3. The van der Waals surface area contributed by atoms with Crippen molar-refractivity contribution >= 4 is 23.8 Å². The molecule has 6 N–H and O–H groups in total. The van der Waals surface area contributed by atoms with Crippen LogP contribution in [0.15, 0.2) is 79.0 Å². The molecule has 0 aliphatic carbocycles. The number of carbonyl (C=O) groups excluding carboxylic acids is 1. The van der Waals surface area contributed by atoms with Crippen LogP contribution in [0.4, 0.5) is 17.8 Å². The third-order valence-electron chi connectivity index (χ3n) is 6.40. The molecule has 0 saturated carbocycles. The van der Waals surface area contributed by atoms with Crippen LogP contribution in [0.25, 0.3) is 0 Å². The molecule has 0 saturated heterocycles. The van der Waals surface area contributed by atoms with Crippen LogP contribution in [0.3, 0.4) is 0 Å². The summed E-state index contributed by atoms with van der Waals surface area (Å²) in [5, 5.41) is 12.8. The average molecular weight is 600 g/mol. The summed E-state index contributed by atoms with van der Waals surface area (Å²) in [6.45, 7) is 4.56. The number of aromatic nitrogens is 4. The highest BCUT2D eigenvalue weighted by Crippen LogP contribution is 2.13. The quantitative estimate of drug-likeness (QED) is 0.0950. The molecule has 0 atom stereocenters. The molecule has 0 aliphatic rings. The summed E-state index contributed by atoms with van der Waals surface area (Å²) in [6.07, 6.45) is 3.37. The van der Waals surface area contributed by atoms with Crippen LogP contribution in [-0.4, -0.2) is 78.4 Å². The predicted octanol–water partition coefficient (Wildman–Crippen LogP) is 2.91. The standard InChI is InChI=1S/C32H41N9O3/c33-15-20-43-22-23-44-21-19-35-29(42)27-11-9-26(10-12-27)24-38-32-40-30(36-17-13-25-6-2-1-3-7-25)39-31(41-32)37-18-14-28-8-4-5-16-34-28/h1-12,16H,13-15,17-24,33H2,(H,35,42)(H3,36,37,38,39,40,41). The van der Waals surface area contributed by atoms with E-state index in [9.17, 15) is 4.79 Å². The van der Waals surface area contributed by atoms with E-state index in [1.54, 1.807) is 18.3 Å². The van der Waals surface area contributed by atoms with Crippen molar-refractivity contribution in [2.45, 2.75) is 19.4 Å². The molecule has 2 aromatic carbocycles. The normalized spacial score (nSPS) is 10.8. The number of hydrogen-bond donors (Lipinski definition) is 5. The van der Waals surface area contributed by atoms with Crippen LogP contribution in [0, 0.1) is 0 Å². The van der Waals surface area contributed by atoms with Gasteiger partial charge in [-0.05, 0) is 41.8 Å². The van der Waals surface area contributed by atoms with E-state index in [0.29, 0.717) is 82.6 Å². The Labute approximate surface area is 258 Å². The summed E-state index contributed by atoms with van der Waals surface area (Å²) >= 11 is 0. The summed E-state index contributed by atoms with van der Waals surface area (Å²) in [7, 11) is 0. The first-order valence-electron chi connectivity index (χ1n) is 14.8. The Morgan fingerprint density at radius 2 is 1.32 bits per heavy atom. The highest BCUT2D eigenvalue weighted by atomic mass is 16.5. The Hall–Kier alpha value is -4.65. The van der Waals surface area contributed by atoms with Crippen LogP contribution in [0.5, 0.6) is 0 Å². The molecular formula is C32H41N9O3. The van der Waals surface area contributed by atoms with Gasteiger partial charge in [-0.2, -0.15) is 15.0 Å². The molecule has 4 rings (SSSR count). The van der Waals surface area contributed by atoms with Crippen LogP contribution in [-0.2, 0) is 28.9 Å². The van der Waals surface area contributed by atoms with Gasteiger partial charge in [-0.25, -0.2) is 0 Å². The molecule has 0 fully saturated rings. The minimum Gasteiger partial charge on any atom is -0.378 e. The fourth-order valence-corrected chi connectivity index (χ4v) is 4.12. The second-order valence-corrected chi connectivity index (χ2v) is 9.79. The van der Waals surface area contributed by atoms with Gasteiger partial charge >= 0.3 is 0 Å². The van der Waals surface area contributed by atoms with E-state index in [-0.39, 0.29) is 5.91 Å². The summed E-state index contributed by atoms with van der Waals surface area (Å²) in [4.78, 5) is 30.6. The summed E-state index contributed by atoms with van der Waals surface area (Å²) < 4.78 is 10.7. The molecule has 44 heavy (non-hydrogen) atoms. The lowest BCUT2D eigenvalue weighted by atomic mass is 10.1. The number of ether oxygens (including phenoxy) is 2. The number of anilines is 3. The number of amides is 1. The molecular weight excluding hydrogens is 558 g/mol. The zero-order valence-electron chi connectivity index (χ0n) is 24.9. The Bertz CT molecular complexity index is 1310. The molecule has 4 aromatic rings. The van der Waals surface area contributed by atoms with Crippen molar-refractivity contribution in [2.75, 3.05) is 68.6 Å². The number of benzene rings is 2. The maximum atomic E-state index is 12.5. The van der Waals surface area contributed by atoms with Crippen molar-refractivity contribution in [3.05, 3.63) is 101 Å². The lowest BCUT2D eigenvalue weighted by Crippen LogP contribution is -2.27. The Kier molecular flexibility index (Phi) is 13.8. The molecule has 0 spiro atoms. The van der Waals surface area contributed by atoms with Gasteiger partial charge in [0.1, 0.15) is 0 Å². The van der Waals surface area contributed by atoms with Crippen molar-refractivity contribution in [3.8, 4) is 0 Å². The van der Waals surface area contributed by atoms with E-state index in [2.05, 4.69) is 53.3 Å². The van der Waals surface area contributed by atoms with E-state index in [0.717, 1.165) is 24.1 Å². The van der Waals surface area contributed by atoms with Gasteiger partial charge in [-0.3, -0.25) is 9.78 Å². The van der Waals surface area contributed by atoms with E-state index in [1.807, 2.05) is 48.5 Å². The van der Waals surface area contributed by atoms with E-state index < -0.39 is 0 Å². The molecule has 2 aromatic heterocycles.